The number of nitrogens with zero attached hydrogens (tertiary/aromatic N) is 2. The highest BCUT2D eigenvalue weighted by Crippen LogP contribution is 2.43. The van der Waals surface area contributed by atoms with E-state index in [2.05, 4.69) is 15.9 Å². The zero-order valence-electron chi connectivity index (χ0n) is 15.3. The lowest BCUT2D eigenvalue weighted by Gasteiger charge is -2.38. The molecule has 0 aliphatic carbocycles. The summed E-state index contributed by atoms with van der Waals surface area (Å²) in [4.78, 5) is 28.5. The van der Waals surface area contributed by atoms with Crippen LogP contribution >= 0.6 is 15.9 Å². The number of anilines is 1. The molecule has 1 aromatic carbocycles. The molecule has 26 heavy (non-hydrogen) atoms. The predicted molar refractivity (Wildman–Crippen MR) is 101 cm³/mol. The molecule has 0 aromatic heterocycles. The van der Waals surface area contributed by atoms with Crippen LogP contribution < -0.4 is 4.90 Å². The first-order valence-electron chi connectivity index (χ1n) is 8.86. The minimum Gasteiger partial charge on any atom is -0.444 e. The molecule has 0 unspecified atom stereocenters. The first-order valence-corrected chi connectivity index (χ1v) is 9.66. The fourth-order valence-corrected chi connectivity index (χ4v) is 3.99. The van der Waals surface area contributed by atoms with Gasteiger partial charge in [-0.25, -0.2) is 9.18 Å². The molecule has 7 heteroatoms. The molecule has 2 aliphatic rings. The van der Waals surface area contributed by atoms with Gasteiger partial charge in [-0.2, -0.15) is 0 Å². The summed E-state index contributed by atoms with van der Waals surface area (Å²) in [5.41, 5.74) is -0.715. The second-order valence-electron chi connectivity index (χ2n) is 8.05. The Morgan fingerprint density at radius 3 is 2.38 bits per heavy atom. The molecule has 2 aliphatic heterocycles. The van der Waals surface area contributed by atoms with Crippen LogP contribution in [0.25, 0.3) is 0 Å². The van der Waals surface area contributed by atoms with Crippen molar-refractivity contribution >= 4 is 33.6 Å². The summed E-state index contributed by atoms with van der Waals surface area (Å²) in [6.07, 6.45) is 1.51. The lowest BCUT2D eigenvalue weighted by Crippen LogP contribution is -2.48. The van der Waals surface area contributed by atoms with Gasteiger partial charge in [-0.1, -0.05) is 15.9 Å². The SMILES string of the molecule is CC(C)(C)OC(=O)N1CCC2(CC1)CCN(c1ccc(Br)cc1F)C2=O. The maximum Gasteiger partial charge on any atom is 0.410 e. The van der Waals surface area contributed by atoms with Gasteiger partial charge in [0.2, 0.25) is 5.91 Å². The van der Waals surface area contributed by atoms with E-state index >= 15 is 0 Å². The molecule has 142 valence electrons. The van der Waals surface area contributed by atoms with E-state index in [0.29, 0.717) is 49.1 Å². The number of piperidine rings is 1. The Labute approximate surface area is 161 Å². The van der Waals surface area contributed by atoms with Crippen molar-refractivity contribution in [3.63, 3.8) is 0 Å². The third kappa shape index (κ3) is 3.72. The largest absolute Gasteiger partial charge is 0.444 e. The van der Waals surface area contributed by atoms with E-state index < -0.39 is 16.8 Å². The first kappa shape index (κ1) is 19.1. The molecule has 2 amide bonds. The fourth-order valence-electron chi connectivity index (χ4n) is 3.66. The lowest BCUT2D eigenvalue weighted by molar-refractivity contribution is -0.128. The molecule has 2 fully saturated rings. The van der Waals surface area contributed by atoms with Gasteiger partial charge in [0, 0.05) is 24.1 Å². The topological polar surface area (TPSA) is 49.9 Å². The number of amides is 2. The molecular formula is C19H24BrFN2O3. The molecule has 1 aromatic rings. The summed E-state index contributed by atoms with van der Waals surface area (Å²) in [7, 11) is 0. The molecule has 0 N–H and O–H groups in total. The van der Waals surface area contributed by atoms with E-state index in [-0.39, 0.29) is 12.0 Å². The van der Waals surface area contributed by atoms with Gasteiger partial charge in [-0.05, 0) is 58.2 Å². The Hall–Kier alpha value is -1.63. The predicted octanol–water partition coefficient (Wildman–Crippen LogP) is 4.34. The van der Waals surface area contributed by atoms with Crippen molar-refractivity contribution in [3.8, 4) is 0 Å². The third-order valence-electron chi connectivity index (χ3n) is 5.09. The number of carbonyl (C=O) groups excluding carboxylic acids is 2. The van der Waals surface area contributed by atoms with Gasteiger partial charge in [0.1, 0.15) is 11.4 Å². The first-order chi connectivity index (χ1) is 12.1. The fraction of sp³-hybridized carbons (Fsp3) is 0.579. The van der Waals surface area contributed by atoms with Crippen LogP contribution in [-0.4, -0.2) is 42.1 Å². The van der Waals surface area contributed by atoms with Crippen molar-refractivity contribution in [2.24, 2.45) is 5.41 Å². The van der Waals surface area contributed by atoms with Crippen molar-refractivity contribution in [3.05, 3.63) is 28.5 Å². The molecule has 0 saturated carbocycles. The smallest absolute Gasteiger partial charge is 0.410 e. The average molecular weight is 427 g/mol. The van der Waals surface area contributed by atoms with Crippen LogP contribution in [-0.2, 0) is 9.53 Å². The average Bonchev–Trinajstić information content (AvgIpc) is 2.84. The second-order valence-corrected chi connectivity index (χ2v) is 8.97. The lowest BCUT2D eigenvalue weighted by atomic mass is 9.77. The number of ether oxygens (including phenoxy) is 1. The van der Waals surface area contributed by atoms with E-state index in [9.17, 15) is 14.0 Å². The summed E-state index contributed by atoms with van der Waals surface area (Å²) in [5.74, 6) is -0.446. The van der Waals surface area contributed by atoms with Crippen LogP contribution in [0, 0.1) is 11.2 Å². The number of rotatable bonds is 1. The number of halogens is 2. The van der Waals surface area contributed by atoms with Crippen LogP contribution in [0.3, 0.4) is 0 Å². The molecule has 0 atom stereocenters. The van der Waals surface area contributed by atoms with Crippen molar-refractivity contribution in [2.75, 3.05) is 24.5 Å². The van der Waals surface area contributed by atoms with E-state index in [4.69, 9.17) is 4.74 Å². The normalized spacial score (nSPS) is 20.0. The van der Waals surface area contributed by atoms with Crippen molar-refractivity contribution in [1.29, 1.82) is 0 Å². The Balaban J connectivity index is 1.68. The highest BCUT2D eigenvalue weighted by Gasteiger charge is 2.49. The molecule has 3 rings (SSSR count). The minimum absolute atomic E-state index is 0.0393. The Bertz CT molecular complexity index is 724. The Morgan fingerprint density at radius 2 is 1.81 bits per heavy atom. The van der Waals surface area contributed by atoms with E-state index in [1.54, 1.807) is 21.9 Å². The number of carbonyl (C=O) groups is 2. The second kappa shape index (κ2) is 6.83. The van der Waals surface area contributed by atoms with Gasteiger partial charge in [-0.15, -0.1) is 0 Å². The maximum absolute atomic E-state index is 14.3. The highest BCUT2D eigenvalue weighted by atomic mass is 79.9. The third-order valence-corrected chi connectivity index (χ3v) is 5.58. The van der Waals surface area contributed by atoms with Crippen LogP contribution in [0.2, 0.25) is 0 Å². The van der Waals surface area contributed by atoms with Crippen LogP contribution in [0.15, 0.2) is 22.7 Å². The van der Waals surface area contributed by atoms with Crippen molar-refractivity contribution in [1.82, 2.24) is 4.90 Å². The number of hydrogen-bond acceptors (Lipinski definition) is 3. The summed E-state index contributed by atoms with van der Waals surface area (Å²) < 4.78 is 20.3. The maximum atomic E-state index is 14.3. The molecule has 5 nitrogen and oxygen atoms in total. The summed E-state index contributed by atoms with van der Waals surface area (Å²) in [5, 5.41) is 0. The molecule has 1 spiro atoms. The van der Waals surface area contributed by atoms with Gasteiger partial charge in [0.15, 0.2) is 0 Å². The Kier molecular flexibility index (Phi) is 5.03. The molecule has 2 heterocycles. The summed E-state index contributed by atoms with van der Waals surface area (Å²) in [6.45, 7) is 6.98. The van der Waals surface area contributed by atoms with Gasteiger partial charge in [0.05, 0.1) is 11.1 Å². The Morgan fingerprint density at radius 1 is 1.19 bits per heavy atom. The van der Waals surface area contributed by atoms with E-state index in [0.717, 1.165) is 0 Å². The van der Waals surface area contributed by atoms with Crippen LogP contribution in [0.5, 0.6) is 0 Å². The highest BCUT2D eigenvalue weighted by molar-refractivity contribution is 9.10. The number of likely N-dealkylation sites (tertiary alicyclic amines) is 1. The van der Waals surface area contributed by atoms with Gasteiger partial charge >= 0.3 is 6.09 Å². The molecule has 0 radical (unpaired) electrons. The summed E-state index contributed by atoms with van der Waals surface area (Å²) in [6, 6.07) is 4.74. The zero-order valence-corrected chi connectivity index (χ0v) is 16.9. The molecule has 0 bridgehead atoms. The van der Waals surface area contributed by atoms with Gasteiger partial charge < -0.3 is 14.5 Å². The number of benzene rings is 1. The standard InChI is InChI=1S/C19H24BrFN2O3/c1-18(2,3)26-17(25)22-9-6-19(7-10-22)8-11-23(16(19)24)15-5-4-13(20)12-14(15)21/h4-5,12H,6-11H2,1-3H3. The van der Waals surface area contributed by atoms with Crippen LogP contribution in [0.4, 0.5) is 14.9 Å². The number of hydrogen-bond donors (Lipinski definition) is 0. The van der Waals surface area contributed by atoms with Crippen molar-refractivity contribution in [2.45, 2.75) is 45.6 Å². The quantitative estimate of drug-likeness (QED) is 0.670. The minimum atomic E-state index is -0.536. The van der Waals surface area contributed by atoms with Crippen molar-refractivity contribution < 1.29 is 18.7 Å². The van der Waals surface area contributed by atoms with Gasteiger partial charge in [-0.3, -0.25) is 4.79 Å². The summed E-state index contributed by atoms with van der Waals surface area (Å²) >= 11 is 3.24. The zero-order chi connectivity index (χ0) is 19.1. The molecular weight excluding hydrogens is 403 g/mol. The van der Waals surface area contributed by atoms with E-state index in [1.165, 1.54) is 6.07 Å². The van der Waals surface area contributed by atoms with E-state index in [1.807, 2.05) is 20.8 Å². The monoisotopic (exact) mass is 426 g/mol. The van der Waals surface area contributed by atoms with Gasteiger partial charge in [0.25, 0.3) is 0 Å². The molecule has 2 saturated heterocycles. The van der Waals surface area contributed by atoms with Crippen LogP contribution in [0.1, 0.15) is 40.0 Å².